The minimum atomic E-state index is -0.333. The quantitative estimate of drug-likeness (QED) is 0.473. The minimum Gasteiger partial charge on any atom is -0.483 e. The first-order valence-electron chi connectivity index (χ1n) is 9.40. The highest BCUT2D eigenvalue weighted by Crippen LogP contribution is 2.28. The summed E-state index contributed by atoms with van der Waals surface area (Å²) in [4.78, 5) is 24.9. The Morgan fingerprint density at radius 1 is 1.07 bits per heavy atom. The number of rotatable bonds is 6. The van der Waals surface area contributed by atoms with E-state index < -0.39 is 0 Å². The van der Waals surface area contributed by atoms with Gasteiger partial charge in [-0.15, -0.1) is 0 Å². The second kappa shape index (κ2) is 10.5. The monoisotopic (exact) mass is 542 g/mol. The Balaban J connectivity index is 1.59. The molecule has 154 valence electrons. The zero-order valence-corrected chi connectivity index (χ0v) is 19.6. The molecule has 0 bridgehead atoms. The van der Waals surface area contributed by atoms with Crippen molar-refractivity contribution >= 4 is 61.0 Å². The van der Waals surface area contributed by atoms with Crippen LogP contribution in [0, 0.1) is 0 Å². The Kier molecular flexibility index (Phi) is 7.98. The fourth-order valence-corrected chi connectivity index (χ4v) is 4.58. The summed E-state index contributed by atoms with van der Waals surface area (Å²) in [5.41, 5.74) is 0.846. The average Bonchev–Trinajstić information content (AvgIpc) is 2.69. The molecule has 2 aromatic rings. The van der Waals surface area contributed by atoms with Crippen LogP contribution in [0.2, 0.25) is 5.02 Å². The molecule has 0 spiro atoms. The third kappa shape index (κ3) is 6.46. The number of benzene rings is 2. The minimum absolute atomic E-state index is 0.160. The fraction of sp³-hybridized carbons (Fsp3) is 0.333. The van der Waals surface area contributed by atoms with Crippen LogP contribution in [0.15, 0.2) is 45.3 Å². The molecule has 0 heterocycles. The number of carbonyl (C=O) groups excluding carboxylic acids is 2. The van der Waals surface area contributed by atoms with E-state index in [1.54, 1.807) is 24.3 Å². The lowest BCUT2D eigenvalue weighted by molar-refractivity contribution is -0.118. The van der Waals surface area contributed by atoms with Crippen molar-refractivity contribution in [2.75, 3.05) is 11.9 Å². The summed E-state index contributed by atoms with van der Waals surface area (Å²) >= 11 is 13.0. The smallest absolute Gasteiger partial charge is 0.262 e. The van der Waals surface area contributed by atoms with Gasteiger partial charge in [0.15, 0.2) is 6.61 Å². The predicted octanol–water partition coefficient (Wildman–Crippen LogP) is 5.95. The number of nitrogens with one attached hydrogen (secondary N) is 2. The van der Waals surface area contributed by atoms with E-state index in [2.05, 4.69) is 42.5 Å². The summed E-state index contributed by atoms with van der Waals surface area (Å²) in [6, 6.07) is 10.5. The number of carbonyl (C=O) groups is 2. The number of anilines is 1. The van der Waals surface area contributed by atoms with E-state index in [1.165, 1.54) is 6.42 Å². The van der Waals surface area contributed by atoms with Gasteiger partial charge in [0.2, 0.25) is 0 Å². The molecule has 8 heteroatoms. The van der Waals surface area contributed by atoms with Crippen molar-refractivity contribution in [1.82, 2.24) is 5.32 Å². The number of hydrogen-bond acceptors (Lipinski definition) is 3. The molecule has 0 atom stereocenters. The van der Waals surface area contributed by atoms with E-state index in [1.807, 2.05) is 12.1 Å². The maximum atomic E-state index is 12.6. The van der Waals surface area contributed by atoms with Gasteiger partial charge in [0.05, 0.1) is 15.1 Å². The Hall–Kier alpha value is -1.57. The van der Waals surface area contributed by atoms with Gasteiger partial charge in [0.1, 0.15) is 5.75 Å². The molecule has 2 N–H and O–H groups in total. The maximum absolute atomic E-state index is 12.6. The van der Waals surface area contributed by atoms with Crippen molar-refractivity contribution in [3.63, 3.8) is 0 Å². The Labute approximate surface area is 191 Å². The topological polar surface area (TPSA) is 67.4 Å². The SMILES string of the molecule is O=C(COc1ccc(Br)cc1Br)Nc1ccc(Cl)c(C(=O)NC2CCCCC2)c1. The first-order valence-corrected chi connectivity index (χ1v) is 11.4. The van der Waals surface area contributed by atoms with Gasteiger partial charge < -0.3 is 15.4 Å². The van der Waals surface area contributed by atoms with Gasteiger partial charge in [0, 0.05) is 16.2 Å². The van der Waals surface area contributed by atoms with Crippen LogP contribution in [0.3, 0.4) is 0 Å². The van der Waals surface area contributed by atoms with E-state index in [0.29, 0.717) is 22.0 Å². The molecule has 0 aromatic heterocycles. The highest BCUT2D eigenvalue weighted by molar-refractivity contribution is 9.11. The van der Waals surface area contributed by atoms with Crippen LogP contribution in [0.4, 0.5) is 5.69 Å². The summed E-state index contributed by atoms with van der Waals surface area (Å²) in [5, 5.41) is 6.14. The largest absolute Gasteiger partial charge is 0.483 e. The lowest BCUT2D eigenvalue weighted by Gasteiger charge is -2.23. The van der Waals surface area contributed by atoms with Gasteiger partial charge in [0.25, 0.3) is 11.8 Å². The molecule has 3 rings (SSSR count). The van der Waals surface area contributed by atoms with Gasteiger partial charge in [-0.05, 0) is 65.2 Å². The number of hydrogen-bond donors (Lipinski definition) is 2. The van der Waals surface area contributed by atoms with Crippen molar-refractivity contribution in [2.24, 2.45) is 0 Å². The molecule has 2 aromatic carbocycles. The van der Waals surface area contributed by atoms with Crippen LogP contribution in [-0.4, -0.2) is 24.5 Å². The van der Waals surface area contributed by atoms with E-state index >= 15 is 0 Å². The summed E-state index contributed by atoms with van der Waals surface area (Å²) in [6.45, 7) is -0.160. The van der Waals surface area contributed by atoms with Crippen LogP contribution in [0.25, 0.3) is 0 Å². The normalized spacial score (nSPS) is 14.3. The average molecular weight is 545 g/mol. The highest BCUT2D eigenvalue weighted by Gasteiger charge is 2.19. The second-order valence-corrected chi connectivity index (χ2v) is 9.09. The molecule has 0 unspecified atom stereocenters. The summed E-state index contributed by atoms with van der Waals surface area (Å²) in [6.07, 6.45) is 5.45. The van der Waals surface area contributed by atoms with Crippen molar-refractivity contribution < 1.29 is 14.3 Å². The Morgan fingerprint density at radius 3 is 2.55 bits per heavy atom. The van der Waals surface area contributed by atoms with Crippen molar-refractivity contribution in [3.05, 3.63) is 55.9 Å². The molecule has 29 heavy (non-hydrogen) atoms. The van der Waals surface area contributed by atoms with Gasteiger partial charge >= 0.3 is 0 Å². The van der Waals surface area contributed by atoms with Crippen molar-refractivity contribution in [2.45, 2.75) is 38.1 Å². The molecule has 1 aliphatic rings. The van der Waals surface area contributed by atoms with E-state index in [-0.39, 0.29) is 24.5 Å². The van der Waals surface area contributed by atoms with E-state index in [9.17, 15) is 9.59 Å². The predicted molar refractivity (Wildman–Crippen MR) is 122 cm³/mol. The Morgan fingerprint density at radius 2 is 1.83 bits per heavy atom. The molecule has 0 aliphatic heterocycles. The lowest BCUT2D eigenvalue weighted by atomic mass is 9.95. The lowest BCUT2D eigenvalue weighted by Crippen LogP contribution is -2.36. The van der Waals surface area contributed by atoms with Crippen LogP contribution in [0.5, 0.6) is 5.75 Å². The third-order valence-corrected chi connectivity index (χ3v) is 6.13. The standard InChI is InChI=1S/C21H21Br2ClN2O3/c22-13-6-9-19(17(23)10-13)29-12-20(27)25-15-7-8-18(24)16(11-15)21(28)26-14-4-2-1-3-5-14/h6-11,14H,1-5,12H2,(H,25,27)(H,26,28). The first kappa shape index (κ1) is 22.1. The van der Waals surface area contributed by atoms with Gasteiger partial charge in [-0.3, -0.25) is 9.59 Å². The molecule has 1 saturated carbocycles. The maximum Gasteiger partial charge on any atom is 0.262 e. The number of amides is 2. The molecular formula is C21H21Br2ClN2O3. The van der Waals surface area contributed by atoms with Gasteiger partial charge in [-0.1, -0.05) is 46.8 Å². The summed E-state index contributed by atoms with van der Waals surface area (Å²) < 4.78 is 7.19. The van der Waals surface area contributed by atoms with E-state index in [4.69, 9.17) is 16.3 Å². The van der Waals surface area contributed by atoms with Crippen LogP contribution < -0.4 is 15.4 Å². The molecular weight excluding hydrogens is 524 g/mol. The van der Waals surface area contributed by atoms with Crippen LogP contribution in [-0.2, 0) is 4.79 Å². The number of ether oxygens (including phenoxy) is 1. The van der Waals surface area contributed by atoms with Gasteiger partial charge in [-0.2, -0.15) is 0 Å². The van der Waals surface area contributed by atoms with Gasteiger partial charge in [-0.25, -0.2) is 0 Å². The molecule has 1 aliphatic carbocycles. The molecule has 5 nitrogen and oxygen atoms in total. The van der Waals surface area contributed by atoms with Crippen molar-refractivity contribution in [1.29, 1.82) is 0 Å². The Bertz CT molecular complexity index is 901. The van der Waals surface area contributed by atoms with Crippen molar-refractivity contribution in [3.8, 4) is 5.75 Å². The van der Waals surface area contributed by atoms with Crippen LogP contribution in [0.1, 0.15) is 42.5 Å². The van der Waals surface area contributed by atoms with E-state index in [0.717, 1.165) is 34.6 Å². The highest BCUT2D eigenvalue weighted by atomic mass is 79.9. The van der Waals surface area contributed by atoms with Crippen LogP contribution >= 0.6 is 43.5 Å². The first-order chi connectivity index (χ1) is 13.9. The zero-order chi connectivity index (χ0) is 20.8. The summed E-state index contributed by atoms with van der Waals surface area (Å²) in [5.74, 6) is 0.0147. The fourth-order valence-electron chi connectivity index (χ4n) is 3.22. The zero-order valence-electron chi connectivity index (χ0n) is 15.6. The molecule has 0 radical (unpaired) electrons. The molecule has 0 saturated heterocycles. The number of halogens is 3. The molecule has 1 fully saturated rings. The molecule has 2 amide bonds. The summed E-state index contributed by atoms with van der Waals surface area (Å²) in [7, 11) is 0. The second-order valence-electron chi connectivity index (χ2n) is 6.91. The third-order valence-electron chi connectivity index (χ3n) is 4.69.